The van der Waals surface area contributed by atoms with E-state index >= 15 is 0 Å². The molecule has 3 aromatic rings. The molecular formula is C22H25N3O3S. The molecule has 0 radical (unpaired) electrons. The standard InChI is InChI=1S/C22H25N3O3S/c1-15(26)28-14-29-13-20(23-16-7-3-2-4-8-16)22-21-18(11-12-25(22)27)17-9-5-6-10-19(17)24-21/h2-10,20,22-24,27H,11-14H2,1H3/t20-,22+/m0/s1. The lowest BCUT2D eigenvalue weighted by molar-refractivity contribution is -0.139. The van der Waals surface area contributed by atoms with Crippen LogP contribution in [0.5, 0.6) is 0 Å². The number of hydrogen-bond donors (Lipinski definition) is 3. The van der Waals surface area contributed by atoms with Crippen LogP contribution in [0.3, 0.4) is 0 Å². The fraction of sp³-hybridized carbons (Fsp3) is 0.318. The number of carbonyl (C=O) groups is 1. The lowest BCUT2D eigenvalue weighted by Crippen LogP contribution is -2.44. The van der Waals surface area contributed by atoms with E-state index in [4.69, 9.17) is 4.74 Å². The van der Waals surface area contributed by atoms with Gasteiger partial charge in [0, 0.05) is 41.5 Å². The highest BCUT2D eigenvalue weighted by molar-refractivity contribution is 7.99. The van der Waals surface area contributed by atoms with Gasteiger partial charge < -0.3 is 20.2 Å². The van der Waals surface area contributed by atoms with Crippen molar-refractivity contribution in [3.63, 3.8) is 0 Å². The first-order chi connectivity index (χ1) is 14.1. The van der Waals surface area contributed by atoms with Crippen LogP contribution < -0.4 is 5.32 Å². The Morgan fingerprint density at radius 3 is 2.83 bits per heavy atom. The number of aromatic amines is 1. The van der Waals surface area contributed by atoms with Gasteiger partial charge in [0.05, 0.1) is 12.1 Å². The van der Waals surface area contributed by atoms with Crippen molar-refractivity contribution in [1.82, 2.24) is 10.0 Å². The first kappa shape index (κ1) is 19.8. The first-order valence-corrected chi connectivity index (χ1v) is 10.9. The topological polar surface area (TPSA) is 77.6 Å². The van der Waals surface area contributed by atoms with E-state index in [1.807, 2.05) is 42.5 Å². The minimum absolute atomic E-state index is 0.0879. The molecule has 0 bridgehead atoms. The molecule has 0 saturated heterocycles. The number of esters is 1. The molecule has 0 spiro atoms. The Bertz CT molecular complexity index is 976. The van der Waals surface area contributed by atoms with Crippen LogP contribution in [-0.4, -0.2) is 45.5 Å². The Morgan fingerprint density at radius 1 is 1.28 bits per heavy atom. The molecule has 2 atom stereocenters. The van der Waals surface area contributed by atoms with E-state index in [0.717, 1.165) is 23.3 Å². The monoisotopic (exact) mass is 411 g/mol. The third-order valence-electron chi connectivity index (χ3n) is 5.20. The molecule has 2 heterocycles. The van der Waals surface area contributed by atoms with Gasteiger partial charge in [-0.2, -0.15) is 5.06 Å². The molecule has 1 aliphatic heterocycles. The van der Waals surface area contributed by atoms with Crippen LogP contribution in [0.25, 0.3) is 10.9 Å². The second-order valence-electron chi connectivity index (χ2n) is 7.16. The summed E-state index contributed by atoms with van der Waals surface area (Å²) in [5.41, 5.74) is 4.38. The molecule has 7 heteroatoms. The van der Waals surface area contributed by atoms with Crippen LogP contribution in [0, 0.1) is 0 Å². The molecule has 1 aromatic heterocycles. The number of carbonyl (C=O) groups excluding carboxylic acids is 1. The van der Waals surface area contributed by atoms with E-state index < -0.39 is 0 Å². The SMILES string of the molecule is CC(=O)OCSC[C@H](Nc1ccccc1)[C@@H]1c2[nH]c3ccccc3c2CCN1O. The molecule has 0 saturated carbocycles. The zero-order valence-electron chi connectivity index (χ0n) is 16.3. The van der Waals surface area contributed by atoms with Crippen LogP contribution in [0.2, 0.25) is 0 Å². The number of nitrogens with zero attached hydrogens (tertiary/aromatic N) is 1. The van der Waals surface area contributed by atoms with Gasteiger partial charge >= 0.3 is 5.97 Å². The number of ether oxygens (including phenoxy) is 1. The summed E-state index contributed by atoms with van der Waals surface area (Å²) in [5, 5.41) is 17.0. The summed E-state index contributed by atoms with van der Waals surface area (Å²) in [4.78, 5) is 14.6. The molecular weight excluding hydrogens is 386 g/mol. The van der Waals surface area contributed by atoms with Gasteiger partial charge in [0.2, 0.25) is 0 Å². The molecule has 6 nitrogen and oxygen atoms in total. The van der Waals surface area contributed by atoms with E-state index in [2.05, 4.69) is 22.4 Å². The molecule has 0 aliphatic carbocycles. The molecule has 4 rings (SSSR count). The number of aromatic nitrogens is 1. The molecule has 0 unspecified atom stereocenters. The number of H-pyrrole nitrogens is 1. The molecule has 0 amide bonds. The normalized spacial score (nSPS) is 17.7. The van der Waals surface area contributed by atoms with E-state index in [9.17, 15) is 10.0 Å². The maximum atomic E-state index is 11.1. The predicted molar refractivity (Wildman–Crippen MR) is 116 cm³/mol. The summed E-state index contributed by atoms with van der Waals surface area (Å²) in [5.74, 6) is 0.669. The quantitative estimate of drug-likeness (QED) is 0.307. The average Bonchev–Trinajstić information content (AvgIpc) is 3.09. The van der Waals surface area contributed by atoms with Crippen molar-refractivity contribution in [1.29, 1.82) is 0 Å². The van der Waals surface area contributed by atoms with Gasteiger partial charge in [0.1, 0.15) is 5.94 Å². The first-order valence-electron chi connectivity index (χ1n) is 9.71. The number of thioether (sulfide) groups is 1. The van der Waals surface area contributed by atoms with E-state index in [1.54, 1.807) is 0 Å². The van der Waals surface area contributed by atoms with Crippen LogP contribution in [0.15, 0.2) is 54.6 Å². The van der Waals surface area contributed by atoms with E-state index in [-0.39, 0.29) is 18.1 Å². The second kappa shape index (κ2) is 8.90. The van der Waals surface area contributed by atoms with Crippen LogP contribution >= 0.6 is 11.8 Å². The Hall–Kier alpha value is -2.48. The van der Waals surface area contributed by atoms with Gasteiger partial charge in [0.25, 0.3) is 0 Å². The van der Waals surface area contributed by atoms with Crippen molar-refractivity contribution >= 4 is 34.3 Å². The number of hydrogen-bond acceptors (Lipinski definition) is 6. The molecule has 152 valence electrons. The number of anilines is 1. The highest BCUT2D eigenvalue weighted by atomic mass is 32.2. The third kappa shape index (κ3) is 4.42. The maximum Gasteiger partial charge on any atom is 0.303 e. The van der Waals surface area contributed by atoms with Gasteiger partial charge in [-0.1, -0.05) is 36.4 Å². The number of hydroxylamine groups is 2. The van der Waals surface area contributed by atoms with Gasteiger partial charge in [0.15, 0.2) is 0 Å². The number of fused-ring (bicyclic) bond motifs is 3. The van der Waals surface area contributed by atoms with Crippen molar-refractivity contribution in [3.8, 4) is 0 Å². The average molecular weight is 412 g/mol. The summed E-state index contributed by atoms with van der Waals surface area (Å²) in [6.45, 7) is 1.98. The fourth-order valence-electron chi connectivity index (χ4n) is 3.93. The summed E-state index contributed by atoms with van der Waals surface area (Å²) in [6.07, 6.45) is 0.797. The van der Waals surface area contributed by atoms with Crippen molar-refractivity contribution < 1.29 is 14.7 Å². The smallest absolute Gasteiger partial charge is 0.303 e. The Balaban J connectivity index is 1.64. The van der Waals surface area contributed by atoms with Crippen molar-refractivity contribution in [3.05, 3.63) is 65.9 Å². The Morgan fingerprint density at radius 2 is 2.03 bits per heavy atom. The highest BCUT2D eigenvalue weighted by Crippen LogP contribution is 2.37. The third-order valence-corrected chi connectivity index (χ3v) is 6.08. The molecule has 3 N–H and O–H groups in total. The van der Waals surface area contributed by atoms with Gasteiger partial charge in [-0.3, -0.25) is 4.79 Å². The van der Waals surface area contributed by atoms with E-state index in [1.165, 1.54) is 34.7 Å². The van der Waals surface area contributed by atoms with Crippen LogP contribution in [-0.2, 0) is 16.0 Å². The Labute approximate surface area is 174 Å². The maximum absolute atomic E-state index is 11.1. The predicted octanol–water partition coefficient (Wildman–Crippen LogP) is 4.19. The molecule has 2 aromatic carbocycles. The number of nitrogens with one attached hydrogen (secondary N) is 2. The zero-order valence-corrected chi connectivity index (χ0v) is 17.1. The van der Waals surface area contributed by atoms with Gasteiger partial charge in [-0.15, -0.1) is 11.8 Å². The highest BCUT2D eigenvalue weighted by Gasteiger charge is 2.35. The number of rotatable bonds is 7. The number of benzene rings is 2. The van der Waals surface area contributed by atoms with Crippen molar-refractivity contribution in [2.24, 2.45) is 0 Å². The van der Waals surface area contributed by atoms with Crippen molar-refractivity contribution in [2.45, 2.75) is 25.4 Å². The molecule has 1 aliphatic rings. The minimum atomic E-state index is -0.288. The Kier molecular flexibility index (Phi) is 6.08. The lowest BCUT2D eigenvalue weighted by atomic mass is 9.94. The minimum Gasteiger partial charge on any atom is -0.455 e. The summed E-state index contributed by atoms with van der Waals surface area (Å²) < 4.78 is 5.09. The molecule has 29 heavy (non-hydrogen) atoms. The summed E-state index contributed by atoms with van der Waals surface area (Å²) >= 11 is 1.53. The van der Waals surface area contributed by atoms with Gasteiger partial charge in [-0.25, -0.2) is 0 Å². The number of para-hydroxylation sites is 2. The van der Waals surface area contributed by atoms with Crippen molar-refractivity contribution in [2.75, 3.05) is 23.6 Å². The van der Waals surface area contributed by atoms with Crippen LogP contribution in [0.1, 0.15) is 24.2 Å². The lowest BCUT2D eigenvalue weighted by Gasteiger charge is -2.37. The van der Waals surface area contributed by atoms with E-state index in [0.29, 0.717) is 18.2 Å². The summed E-state index contributed by atoms with van der Waals surface area (Å²) in [7, 11) is 0. The van der Waals surface area contributed by atoms with Crippen LogP contribution in [0.4, 0.5) is 5.69 Å². The largest absolute Gasteiger partial charge is 0.455 e. The van der Waals surface area contributed by atoms with Gasteiger partial charge in [-0.05, 0) is 30.2 Å². The summed E-state index contributed by atoms with van der Waals surface area (Å²) in [6, 6.07) is 17.9. The fourth-order valence-corrected chi connectivity index (χ4v) is 4.79. The zero-order chi connectivity index (χ0) is 20.2. The second-order valence-corrected chi connectivity index (χ2v) is 8.14. The molecule has 0 fully saturated rings.